The molecular formula is C26H26O6. The zero-order valence-corrected chi connectivity index (χ0v) is 18.5. The summed E-state index contributed by atoms with van der Waals surface area (Å²) in [6, 6.07) is 10.5. The second kappa shape index (κ2) is 8.97. The second-order valence-electron chi connectivity index (χ2n) is 7.92. The molecule has 166 valence electrons. The van der Waals surface area contributed by atoms with Gasteiger partial charge in [-0.05, 0) is 62.1 Å². The summed E-state index contributed by atoms with van der Waals surface area (Å²) in [4.78, 5) is 12.9. The largest absolute Gasteiger partial charge is 0.497 e. The lowest BCUT2D eigenvalue weighted by Gasteiger charge is -2.26. The summed E-state index contributed by atoms with van der Waals surface area (Å²) < 4.78 is 21.8. The van der Waals surface area contributed by atoms with E-state index in [1.165, 1.54) is 14.2 Å². The van der Waals surface area contributed by atoms with Gasteiger partial charge in [0.15, 0.2) is 17.3 Å². The number of fused-ring (bicyclic) bond motifs is 1. The number of benzene rings is 2. The average molecular weight is 434 g/mol. The molecule has 0 amide bonds. The van der Waals surface area contributed by atoms with E-state index in [-0.39, 0.29) is 0 Å². The van der Waals surface area contributed by atoms with E-state index in [1.54, 1.807) is 31.4 Å². The first-order valence-electron chi connectivity index (χ1n) is 10.6. The van der Waals surface area contributed by atoms with Crippen LogP contribution in [-0.4, -0.2) is 32.0 Å². The topological polar surface area (TPSA) is 78.1 Å². The van der Waals surface area contributed by atoms with Gasteiger partial charge in [-0.1, -0.05) is 18.3 Å². The number of hydrogen-bond acceptors (Lipinski definition) is 6. The molecule has 1 saturated carbocycles. The molecule has 6 nitrogen and oxygen atoms in total. The third-order valence-corrected chi connectivity index (χ3v) is 5.89. The van der Waals surface area contributed by atoms with Crippen LogP contribution in [0.15, 0.2) is 45.6 Å². The summed E-state index contributed by atoms with van der Waals surface area (Å²) in [5.41, 5.74) is -0.355. The van der Waals surface area contributed by atoms with E-state index in [2.05, 4.69) is 11.8 Å². The summed E-state index contributed by atoms with van der Waals surface area (Å²) in [5.74, 6) is 8.15. The predicted molar refractivity (Wildman–Crippen MR) is 122 cm³/mol. The van der Waals surface area contributed by atoms with Crippen LogP contribution in [0.5, 0.6) is 17.2 Å². The Bertz CT molecular complexity index is 1240. The van der Waals surface area contributed by atoms with Crippen molar-refractivity contribution in [2.45, 2.75) is 37.7 Å². The van der Waals surface area contributed by atoms with Gasteiger partial charge >= 0.3 is 5.63 Å². The fourth-order valence-electron chi connectivity index (χ4n) is 4.09. The highest BCUT2D eigenvalue weighted by Crippen LogP contribution is 2.36. The van der Waals surface area contributed by atoms with Gasteiger partial charge in [-0.2, -0.15) is 0 Å². The molecule has 0 unspecified atom stereocenters. The molecule has 4 rings (SSSR count). The van der Waals surface area contributed by atoms with Crippen molar-refractivity contribution in [2.24, 2.45) is 0 Å². The number of aliphatic hydroxyl groups is 1. The maximum Gasteiger partial charge on any atom is 0.344 e. The molecule has 0 spiro atoms. The molecule has 0 saturated heterocycles. The Labute approximate surface area is 186 Å². The highest BCUT2D eigenvalue weighted by Gasteiger charge is 2.27. The molecule has 0 atom stereocenters. The van der Waals surface area contributed by atoms with Gasteiger partial charge in [0, 0.05) is 10.9 Å². The van der Waals surface area contributed by atoms with Crippen LogP contribution in [-0.2, 0) is 0 Å². The molecule has 1 aliphatic rings. The van der Waals surface area contributed by atoms with Crippen molar-refractivity contribution in [3.63, 3.8) is 0 Å². The van der Waals surface area contributed by atoms with Gasteiger partial charge < -0.3 is 23.7 Å². The zero-order valence-electron chi connectivity index (χ0n) is 18.5. The average Bonchev–Trinajstić information content (AvgIpc) is 2.83. The van der Waals surface area contributed by atoms with Gasteiger partial charge in [-0.15, -0.1) is 0 Å². The summed E-state index contributed by atoms with van der Waals surface area (Å²) >= 11 is 0. The van der Waals surface area contributed by atoms with E-state index in [9.17, 15) is 9.90 Å². The predicted octanol–water partition coefficient (Wildman–Crippen LogP) is 4.53. The van der Waals surface area contributed by atoms with Crippen LogP contribution in [0, 0.1) is 11.8 Å². The van der Waals surface area contributed by atoms with Crippen LogP contribution >= 0.6 is 0 Å². The van der Waals surface area contributed by atoms with E-state index in [0.717, 1.165) is 19.3 Å². The molecule has 2 aromatic carbocycles. The molecule has 1 aliphatic carbocycles. The summed E-state index contributed by atoms with van der Waals surface area (Å²) in [5, 5.41) is 11.9. The van der Waals surface area contributed by atoms with Crippen LogP contribution < -0.4 is 19.8 Å². The lowest BCUT2D eigenvalue weighted by Crippen LogP contribution is -2.29. The molecule has 1 N–H and O–H groups in total. The second-order valence-corrected chi connectivity index (χ2v) is 7.92. The van der Waals surface area contributed by atoms with Gasteiger partial charge in [0.05, 0.1) is 32.3 Å². The minimum Gasteiger partial charge on any atom is -0.497 e. The Morgan fingerprint density at radius 2 is 1.53 bits per heavy atom. The number of methoxy groups -OCH3 is 3. The first kappa shape index (κ1) is 21.8. The van der Waals surface area contributed by atoms with E-state index >= 15 is 0 Å². The quantitative estimate of drug-likeness (QED) is 0.608. The fraction of sp³-hybridized carbons (Fsp3) is 0.346. The van der Waals surface area contributed by atoms with Gasteiger partial charge in [-0.25, -0.2) is 4.79 Å². The monoisotopic (exact) mass is 434 g/mol. The van der Waals surface area contributed by atoms with Crippen LogP contribution in [0.3, 0.4) is 0 Å². The molecule has 1 aromatic heterocycles. The van der Waals surface area contributed by atoms with Crippen molar-refractivity contribution in [3.8, 4) is 40.4 Å². The molecular weight excluding hydrogens is 408 g/mol. The Balaban J connectivity index is 1.99. The Hall–Kier alpha value is -3.43. The van der Waals surface area contributed by atoms with Crippen molar-refractivity contribution in [2.75, 3.05) is 21.3 Å². The van der Waals surface area contributed by atoms with E-state index in [4.69, 9.17) is 18.6 Å². The van der Waals surface area contributed by atoms with E-state index < -0.39 is 11.2 Å². The Morgan fingerprint density at radius 3 is 2.12 bits per heavy atom. The number of rotatable bonds is 4. The lowest BCUT2D eigenvalue weighted by molar-refractivity contribution is 0.0610. The van der Waals surface area contributed by atoms with Crippen molar-refractivity contribution in [1.82, 2.24) is 0 Å². The molecule has 1 fully saturated rings. The summed E-state index contributed by atoms with van der Waals surface area (Å²) in [6.45, 7) is 0. The van der Waals surface area contributed by atoms with Gasteiger partial charge in [0.2, 0.25) is 0 Å². The van der Waals surface area contributed by atoms with Crippen molar-refractivity contribution in [1.29, 1.82) is 0 Å². The maximum atomic E-state index is 12.9. The standard InChI is InChI=1S/C26H26O6/c1-29-18-9-7-17(8-10-18)24-19(11-14-26(28)12-5-4-6-13-26)20-15-22(30-2)23(31-3)16-21(20)25(27)32-24/h7-10,15-16,28H,4-6,12-13H2,1-3H3. The van der Waals surface area contributed by atoms with E-state index in [0.29, 0.717) is 57.7 Å². The van der Waals surface area contributed by atoms with Gasteiger partial charge in [0.1, 0.15) is 11.4 Å². The highest BCUT2D eigenvalue weighted by atomic mass is 16.5. The molecule has 3 aromatic rings. The minimum atomic E-state index is -1.05. The normalized spacial score (nSPS) is 15.0. The zero-order chi connectivity index (χ0) is 22.7. The SMILES string of the molecule is COc1ccc(-c2oc(=O)c3cc(OC)c(OC)cc3c2C#CC2(O)CCCCC2)cc1. The third-order valence-electron chi connectivity index (χ3n) is 5.89. The molecule has 1 heterocycles. The first-order chi connectivity index (χ1) is 15.5. The van der Waals surface area contributed by atoms with Crippen molar-refractivity contribution in [3.05, 3.63) is 52.4 Å². The van der Waals surface area contributed by atoms with Crippen LogP contribution in [0.1, 0.15) is 37.7 Å². The third kappa shape index (κ3) is 4.17. The van der Waals surface area contributed by atoms with Crippen molar-refractivity contribution < 1.29 is 23.7 Å². The molecule has 0 bridgehead atoms. The number of hydrogen-bond donors (Lipinski definition) is 1. The first-order valence-corrected chi connectivity index (χ1v) is 10.6. The lowest BCUT2D eigenvalue weighted by atomic mass is 9.85. The Kier molecular flexibility index (Phi) is 6.11. The summed E-state index contributed by atoms with van der Waals surface area (Å²) in [6.07, 6.45) is 4.23. The fourth-order valence-corrected chi connectivity index (χ4v) is 4.09. The highest BCUT2D eigenvalue weighted by molar-refractivity contribution is 5.94. The van der Waals surface area contributed by atoms with Crippen molar-refractivity contribution >= 4 is 10.8 Å². The molecule has 0 radical (unpaired) electrons. The van der Waals surface area contributed by atoms with Gasteiger partial charge in [-0.3, -0.25) is 0 Å². The Morgan fingerprint density at radius 1 is 0.906 bits per heavy atom. The van der Waals surface area contributed by atoms with Crippen LogP contribution in [0.25, 0.3) is 22.1 Å². The smallest absolute Gasteiger partial charge is 0.344 e. The summed E-state index contributed by atoms with van der Waals surface area (Å²) in [7, 11) is 4.64. The van der Waals surface area contributed by atoms with E-state index in [1.807, 2.05) is 12.1 Å². The minimum absolute atomic E-state index is 0.333. The van der Waals surface area contributed by atoms with Crippen LogP contribution in [0.2, 0.25) is 0 Å². The maximum absolute atomic E-state index is 12.9. The molecule has 32 heavy (non-hydrogen) atoms. The number of ether oxygens (including phenoxy) is 3. The van der Waals surface area contributed by atoms with Gasteiger partial charge in [0.25, 0.3) is 0 Å². The molecule has 0 aliphatic heterocycles. The van der Waals surface area contributed by atoms with Crippen LogP contribution in [0.4, 0.5) is 0 Å². The molecule has 6 heteroatoms.